The van der Waals surface area contributed by atoms with Crippen LogP contribution in [0, 0.1) is 15.9 Å². The number of azide groups is 1. The molecule has 9 nitrogen and oxygen atoms in total. The Balaban J connectivity index is 2.61. The molecule has 2 rings (SSSR count). The summed E-state index contributed by atoms with van der Waals surface area (Å²) >= 11 is 0. The maximum absolute atomic E-state index is 13.7. The molecule has 11 heteroatoms. The SMILES string of the molecule is COc1ccc(S(=O)(=O)c2ccc(N=[N+]=[N-])c([N+](=O)[O-])c2)cc1F. The van der Waals surface area contributed by atoms with Crippen LogP contribution in [0.1, 0.15) is 0 Å². The van der Waals surface area contributed by atoms with E-state index in [9.17, 15) is 22.9 Å². The van der Waals surface area contributed by atoms with Gasteiger partial charge in [0.2, 0.25) is 9.84 Å². The highest BCUT2D eigenvalue weighted by Gasteiger charge is 2.24. The van der Waals surface area contributed by atoms with E-state index in [2.05, 4.69) is 10.0 Å². The number of sulfone groups is 1. The Kier molecular flexibility index (Phi) is 4.67. The van der Waals surface area contributed by atoms with Crippen LogP contribution in [0.25, 0.3) is 10.4 Å². The average molecular weight is 352 g/mol. The van der Waals surface area contributed by atoms with Crippen molar-refractivity contribution in [2.24, 2.45) is 5.11 Å². The Bertz CT molecular complexity index is 970. The third-order valence-electron chi connectivity index (χ3n) is 3.04. The van der Waals surface area contributed by atoms with Gasteiger partial charge in [-0.15, -0.1) is 0 Å². The molecule has 0 aliphatic heterocycles. The van der Waals surface area contributed by atoms with Gasteiger partial charge < -0.3 is 4.74 Å². The fourth-order valence-electron chi connectivity index (χ4n) is 1.90. The predicted molar refractivity (Wildman–Crippen MR) is 80.3 cm³/mol. The smallest absolute Gasteiger partial charge is 0.280 e. The second-order valence-electron chi connectivity index (χ2n) is 4.40. The summed E-state index contributed by atoms with van der Waals surface area (Å²) in [6.45, 7) is 0. The first kappa shape index (κ1) is 17.2. The fraction of sp³-hybridized carbons (Fsp3) is 0.0769. The molecule has 0 atom stereocenters. The van der Waals surface area contributed by atoms with E-state index < -0.39 is 36.1 Å². The number of nitro groups is 1. The molecule has 0 fully saturated rings. The van der Waals surface area contributed by atoms with Crippen LogP contribution in [0.3, 0.4) is 0 Å². The largest absolute Gasteiger partial charge is 0.494 e. The van der Waals surface area contributed by atoms with Crippen LogP contribution in [0.2, 0.25) is 0 Å². The van der Waals surface area contributed by atoms with Crippen LogP contribution >= 0.6 is 0 Å². The van der Waals surface area contributed by atoms with Gasteiger partial charge in [-0.3, -0.25) is 10.1 Å². The summed E-state index contributed by atoms with van der Waals surface area (Å²) in [4.78, 5) is 11.7. The van der Waals surface area contributed by atoms with Gasteiger partial charge in [-0.1, -0.05) is 5.11 Å². The monoisotopic (exact) mass is 352 g/mol. The lowest BCUT2D eigenvalue weighted by Crippen LogP contribution is -2.04. The Morgan fingerprint density at radius 3 is 2.42 bits per heavy atom. The van der Waals surface area contributed by atoms with E-state index in [1.165, 1.54) is 7.11 Å². The number of nitrogens with zero attached hydrogens (tertiary/aromatic N) is 4. The number of hydrogen-bond donors (Lipinski definition) is 0. The topological polar surface area (TPSA) is 135 Å². The van der Waals surface area contributed by atoms with E-state index in [4.69, 9.17) is 10.3 Å². The molecule has 2 aromatic rings. The molecule has 0 unspecified atom stereocenters. The lowest BCUT2D eigenvalue weighted by Gasteiger charge is -2.07. The van der Waals surface area contributed by atoms with Crippen molar-refractivity contribution in [2.75, 3.05) is 7.11 Å². The summed E-state index contributed by atoms with van der Waals surface area (Å²) in [5.74, 6) is -1.03. The number of rotatable bonds is 5. The minimum absolute atomic E-state index is 0.140. The zero-order chi connectivity index (χ0) is 17.9. The van der Waals surface area contributed by atoms with E-state index in [1.807, 2.05) is 0 Å². The normalized spacial score (nSPS) is 10.8. The maximum atomic E-state index is 13.7. The zero-order valence-corrected chi connectivity index (χ0v) is 12.9. The molecular weight excluding hydrogens is 343 g/mol. The Labute approximate surface area is 135 Å². The summed E-state index contributed by atoms with van der Waals surface area (Å²) in [5, 5.41) is 14.1. The molecule has 0 aliphatic rings. The quantitative estimate of drug-likeness (QED) is 0.267. The van der Waals surface area contributed by atoms with Crippen LogP contribution in [0.15, 0.2) is 51.3 Å². The van der Waals surface area contributed by atoms with E-state index in [1.54, 1.807) is 0 Å². The molecule has 0 amide bonds. The van der Waals surface area contributed by atoms with Gasteiger partial charge in [-0.2, -0.15) is 0 Å². The molecule has 0 radical (unpaired) electrons. The summed E-state index contributed by atoms with van der Waals surface area (Å²) in [6, 6.07) is 5.79. The summed E-state index contributed by atoms with van der Waals surface area (Å²) < 4.78 is 43.4. The number of ether oxygens (including phenoxy) is 1. The summed E-state index contributed by atoms with van der Waals surface area (Å²) in [5.41, 5.74) is 7.37. The van der Waals surface area contributed by atoms with E-state index in [0.717, 1.165) is 36.4 Å². The Hall–Kier alpha value is -3.17. The molecule has 0 saturated carbocycles. The second kappa shape index (κ2) is 6.52. The molecule has 0 saturated heterocycles. The maximum Gasteiger partial charge on any atom is 0.280 e. The Morgan fingerprint density at radius 1 is 1.25 bits per heavy atom. The first-order chi connectivity index (χ1) is 11.3. The van der Waals surface area contributed by atoms with Gasteiger partial charge in [0.15, 0.2) is 11.6 Å². The standard InChI is InChI=1S/C13H9FN4O5S/c1-23-13-5-3-8(6-10(13)14)24(21,22)9-2-4-11(16-17-15)12(7-9)18(19)20/h2-7H,1H3. The molecule has 0 spiro atoms. The first-order valence-electron chi connectivity index (χ1n) is 6.23. The van der Waals surface area contributed by atoms with Crippen molar-refractivity contribution in [3.05, 3.63) is 62.8 Å². The number of benzene rings is 2. The average Bonchev–Trinajstić information content (AvgIpc) is 2.55. The van der Waals surface area contributed by atoms with Crippen LogP contribution < -0.4 is 4.74 Å². The van der Waals surface area contributed by atoms with Gasteiger partial charge >= 0.3 is 0 Å². The first-order valence-corrected chi connectivity index (χ1v) is 7.71. The van der Waals surface area contributed by atoms with Crippen molar-refractivity contribution in [3.8, 4) is 5.75 Å². The molecule has 0 aromatic heterocycles. The van der Waals surface area contributed by atoms with Crippen molar-refractivity contribution < 1.29 is 22.5 Å². The number of nitro benzene ring substituents is 1. The Morgan fingerprint density at radius 2 is 1.88 bits per heavy atom. The van der Waals surface area contributed by atoms with Gasteiger partial charge in [0.05, 0.1) is 21.8 Å². The molecule has 124 valence electrons. The van der Waals surface area contributed by atoms with Gasteiger partial charge in [-0.25, -0.2) is 12.8 Å². The van der Waals surface area contributed by atoms with Crippen LogP contribution in [-0.4, -0.2) is 20.5 Å². The number of hydrogen-bond acceptors (Lipinski definition) is 6. The lowest BCUT2D eigenvalue weighted by atomic mass is 10.3. The van der Waals surface area contributed by atoms with Gasteiger partial charge in [0.25, 0.3) is 5.69 Å². The molecule has 24 heavy (non-hydrogen) atoms. The van der Waals surface area contributed by atoms with E-state index in [-0.39, 0.29) is 11.4 Å². The highest BCUT2D eigenvalue weighted by atomic mass is 32.2. The predicted octanol–water partition coefficient (Wildman–Crippen LogP) is 3.52. The highest BCUT2D eigenvalue weighted by Crippen LogP contribution is 2.33. The van der Waals surface area contributed by atoms with Crippen molar-refractivity contribution in [2.45, 2.75) is 9.79 Å². The lowest BCUT2D eigenvalue weighted by molar-refractivity contribution is -0.384. The van der Waals surface area contributed by atoms with Gasteiger partial charge in [0.1, 0.15) is 5.69 Å². The van der Waals surface area contributed by atoms with E-state index >= 15 is 0 Å². The van der Waals surface area contributed by atoms with Crippen molar-refractivity contribution in [1.29, 1.82) is 0 Å². The molecule has 0 aliphatic carbocycles. The molecule has 0 N–H and O–H groups in total. The third-order valence-corrected chi connectivity index (χ3v) is 4.79. The number of methoxy groups -OCH3 is 1. The van der Waals surface area contributed by atoms with Crippen LogP contribution in [0.4, 0.5) is 15.8 Å². The second-order valence-corrected chi connectivity index (χ2v) is 6.35. The van der Waals surface area contributed by atoms with Crippen molar-refractivity contribution in [1.82, 2.24) is 0 Å². The molecule has 0 heterocycles. The van der Waals surface area contributed by atoms with Gasteiger partial charge in [-0.05, 0) is 35.9 Å². The molecule has 0 bridgehead atoms. The molecular formula is C13H9FN4O5S. The van der Waals surface area contributed by atoms with Crippen LogP contribution in [-0.2, 0) is 9.84 Å². The number of halogens is 1. The minimum atomic E-state index is -4.21. The third kappa shape index (κ3) is 3.12. The van der Waals surface area contributed by atoms with Crippen LogP contribution in [0.5, 0.6) is 5.75 Å². The van der Waals surface area contributed by atoms with Crippen molar-refractivity contribution in [3.63, 3.8) is 0 Å². The fourth-order valence-corrected chi connectivity index (χ4v) is 3.19. The van der Waals surface area contributed by atoms with Gasteiger partial charge in [0, 0.05) is 11.0 Å². The zero-order valence-electron chi connectivity index (χ0n) is 12.1. The minimum Gasteiger partial charge on any atom is -0.494 e. The summed E-state index contributed by atoms with van der Waals surface area (Å²) in [6.07, 6.45) is 0. The summed E-state index contributed by atoms with van der Waals surface area (Å²) in [7, 11) is -2.98. The van der Waals surface area contributed by atoms with Crippen molar-refractivity contribution >= 4 is 21.2 Å². The highest BCUT2D eigenvalue weighted by molar-refractivity contribution is 7.91. The molecule has 2 aromatic carbocycles. The van der Waals surface area contributed by atoms with E-state index in [0.29, 0.717) is 0 Å².